The van der Waals surface area contributed by atoms with E-state index in [1.54, 1.807) is 0 Å². The van der Waals surface area contributed by atoms with Crippen molar-refractivity contribution >= 4 is 5.91 Å². The van der Waals surface area contributed by atoms with Crippen LogP contribution in [-0.2, 0) is 11.3 Å². The number of nitrogens with zero attached hydrogens (tertiary/aromatic N) is 1. The van der Waals surface area contributed by atoms with Crippen LogP contribution in [-0.4, -0.2) is 49.6 Å². The summed E-state index contributed by atoms with van der Waals surface area (Å²) in [5, 5.41) is 2.80. The van der Waals surface area contributed by atoms with Crippen LogP contribution in [0.2, 0.25) is 0 Å². The fourth-order valence-electron chi connectivity index (χ4n) is 3.41. The Morgan fingerprint density at radius 1 is 1.35 bits per heavy atom. The molecule has 1 N–H and O–H groups in total. The first-order valence-electron chi connectivity index (χ1n) is 8.68. The number of methoxy groups -OCH3 is 1. The normalized spacial score (nSPS) is 22.7. The lowest BCUT2D eigenvalue weighted by Crippen LogP contribution is -2.43. The molecule has 5 nitrogen and oxygen atoms in total. The number of nitrogens with one attached hydrogen (secondary N) is 1. The average molecular weight is 372 g/mol. The number of hydrogen-bond donors (Lipinski definition) is 1. The number of carbonyl (C=O) groups excluding carboxylic acids is 1. The number of amides is 1. The van der Waals surface area contributed by atoms with E-state index in [9.17, 15) is 18.0 Å². The van der Waals surface area contributed by atoms with Crippen LogP contribution in [0.4, 0.5) is 13.2 Å². The van der Waals surface area contributed by atoms with E-state index in [4.69, 9.17) is 9.47 Å². The molecule has 1 aliphatic carbocycles. The molecule has 2 fully saturated rings. The molecule has 2 aliphatic rings. The highest BCUT2D eigenvalue weighted by atomic mass is 19.3. The fourth-order valence-corrected chi connectivity index (χ4v) is 3.41. The first kappa shape index (κ1) is 18.8. The lowest BCUT2D eigenvalue weighted by atomic mass is 9.91. The topological polar surface area (TPSA) is 50.8 Å². The monoisotopic (exact) mass is 372 g/mol. The van der Waals surface area contributed by atoms with Crippen LogP contribution in [0.3, 0.4) is 0 Å². The first-order chi connectivity index (χ1) is 12.3. The summed E-state index contributed by atoms with van der Waals surface area (Å²) >= 11 is 0. The number of ether oxygens (including phenoxy) is 2. The van der Waals surface area contributed by atoms with Crippen LogP contribution in [0.1, 0.15) is 31.2 Å². The van der Waals surface area contributed by atoms with Crippen molar-refractivity contribution in [1.82, 2.24) is 10.2 Å². The zero-order chi connectivity index (χ0) is 18.9. The molecule has 1 atom stereocenters. The number of likely N-dealkylation sites (N-methyl/N-ethyl adjacent to an activating group) is 1. The maximum absolute atomic E-state index is 14.3. The molecule has 0 spiro atoms. The van der Waals surface area contributed by atoms with Crippen molar-refractivity contribution in [3.8, 4) is 11.5 Å². The van der Waals surface area contributed by atoms with Gasteiger partial charge in [-0.25, -0.2) is 13.2 Å². The molecule has 0 unspecified atom stereocenters. The van der Waals surface area contributed by atoms with Gasteiger partial charge in [0.1, 0.15) is 11.9 Å². The van der Waals surface area contributed by atoms with Crippen LogP contribution in [0.5, 0.6) is 11.5 Å². The zero-order valence-corrected chi connectivity index (χ0v) is 14.9. The Balaban J connectivity index is 1.64. The van der Waals surface area contributed by atoms with Gasteiger partial charge in [0.05, 0.1) is 13.2 Å². The van der Waals surface area contributed by atoms with E-state index >= 15 is 0 Å². The summed E-state index contributed by atoms with van der Waals surface area (Å²) in [6, 6.07) is 2.38. The summed E-state index contributed by atoms with van der Waals surface area (Å²) < 4.78 is 50.6. The number of rotatable bonds is 6. The molecule has 1 aromatic carbocycles. The van der Waals surface area contributed by atoms with E-state index in [-0.39, 0.29) is 24.2 Å². The van der Waals surface area contributed by atoms with E-state index in [2.05, 4.69) is 5.32 Å². The second-order valence-corrected chi connectivity index (χ2v) is 6.95. The number of halogens is 3. The molecule has 144 valence electrons. The van der Waals surface area contributed by atoms with Crippen LogP contribution in [0.15, 0.2) is 12.1 Å². The zero-order valence-electron chi connectivity index (χ0n) is 14.9. The largest absolute Gasteiger partial charge is 0.496 e. The Kier molecular flexibility index (Phi) is 5.32. The Morgan fingerprint density at radius 2 is 2.08 bits per heavy atom. The Hall–Kier alpha value is -1.96. The maximum Gasteiger partial charge on any atom is 0.255 e. The van der Waals surface area contributed by atoms with Gasteiger partial charge < -0.3 is 14.8 Å². The molecular weight excluding hydrogens is 349 g/mol. The van der Waals surface area contributed by atoms with Crippen molar-refractivity contribution in [1.29, 1.82) is 0 Å². The molecule has 1 saturated heterocycles. The predicted octanol–water partition coefficient (Wildman–Crippen LogP) is 2.72. The molecule has 3 rings (SSSR count). The van der Waals surface area contributed by atoms with E-state index in [0.29, 0.717) is 11.3 Å². The van der Waals surface area contributed by atoms with Crippen LogP contribution >= 0.6 is 0 Å². The van der Waals surface area contributed by atoms with Crippen LogP contribution in [0, 0.1) is 5.82 Å². The third-order valence-corrected chi connectivity index (χ3v) is 4.96. The summed E-state index contributed by atoms with van der Waals surface area (Å²) in [5.41, 5.74) is 0.463. The van der Waals surface area contributed by atoms with Gasteiger partial charge in [0.15, 0.2) is 11.6 Å². The SMILES string of the molecule is COc1cc(OC2CC(F)(F)C2)c(F)cc1CNC(=O)[C@@H]1CCCN1C. The van der Waals surface area contributed by atoms with Gasteiger partial charge in [-0.05, 0) is 32.5 Å². The Bertz CT molecular complexity index is 676. The lowest BCUT2D eigenvalue weighted by molar-refractivity contribution is -0.135. The molecule has 1 aliphatic heterocycles. The van der Waals surface area contributed by atoms with Crippen LogP contribution in [0.25, 0.3) is 0 Å². The number of benzene rings is 1. The van der Waals surface area contributed by atoms with Crippen molar-refractivity contribution in [2.45, 2.75) is 50.3 Å². The molecule has 1 aromatic rings. The minimum Gasteiger partial charge on any atom is -0.496 e. The van der Waals surface area contributed by atoms with Gasteiger partial charge in [0.25, 0.3) is 5.92 Å². The summed E-state index contributed by atoms with van der Waals surface area (Å²) in [4.78, 5) is 14.2. The highest BCUT2D eigenvalue weighted by Crippen LogP contribution is 2.41. The van der Waals surface area contributed by atoms with E-state index in [0.717, 1.165) is 19.4 Å². The van der Waals surface area contributed by atoms with Gasteiger partial charge in [0, 0.05) is 31.0 Å². The summed E-state index contributed by atoms with van der Waals surface area (Å²) in [7, 11) is 3.32. The summed E-state index contributed by atoms with van der Waals surface area (Å²) in [5.74, 6) is -3.28. The van der Waals surface area contributed by atoms with Gasteiger partial charge in [-0.15, -0.1) is 0 Å². The molecule has 0 bridgehead atoms. The third-order valence-electron chi connectivity index (χ3n) is 4.96. The Labute approximate surface area is 150 Å². The minimum atomic E-state index is -2.73. The maximum atomic E-state index is 14.3. The molecule has 8 heteroatoms. The van der Waals surface area contributed by atoms with Crippen molar-refractivity contribution < 1.29 is 27.4 Å². The van der Waals surface area contributed by atoms with Gasteiger partial charge >= 0.3 is 0 Å². The highest BCUT2D eigenvalue weighted by molar-refractivity contribution is 5.82. The Morgan fingerprint density at radius 3 is 2.65 bits per heavy atom. The average Bonchev–Trinajstić information content (AvgIpc) is 2.99. The smallest absolute Gasteiger partial charge is 0.255 e. The molecule has 0 aromatic heterocycles. The molecular formula is C18H23F3N2O3. The van der Waals surface area contributed by atoms with Gasteiger partial charge in [-0.1, -0.05) is 0 Å². The van der Waals surface area contributed by atoms with Gasteiger partial charge in [0.2, 0.25) is 5.91 Å². The standard InChI is InChI=1S/C18H23F3N2O3/c1-23-5-3-4-14(23)17(24)22-10-11-6-13(19)16(7-15(11)25-2)26-12-8-18(20,21)9-12/h6-7,12,14H,3-5,8-10H2,1-2H3,(H,22,24)/t14-/m0/s1. The summed E-state index contributed by atoms with van der Waals surface area (Å²) in [6.45, 7) is 0.993. The molecule has 26 heavy (non-hydrogen) atoms. The highest BCUT2D eigenvalue weighted by Gasteiger charge is 2.47. The molecule has 1 heterocycles. The second kappa shape index (κ2) is 7.34. The number of alkyl halides is 2. The number of carbonyl (C=O) groups is 1. The third kappa shape index (κ3) is 4.06. The fraction of sp³-hybridized carbons (Fsp3) is 0.611. The van der Waals surface area contributed by atoms with E-state index in [1.807, 2.05) is 11.9 Å². The van der Waals surface area contributed by atoms with E-state index < -0.39 is 30.7 Å². The van der Waals surface area contributed by atoms with Crippen molar-refractivity contribution in [3.63, 3.8) is 0 Å². The van der Waals surface area contributed by atoms with Gasteiger partial charge in [-0.2, -0.15) is 0 Å². The lowest BCUT2D eigenvalue weighted by Gasteiger charge is -2.35. The number of likely N-dealkylation sites (tertiary alicyclic amines) is 1. The van der Waals surface area contributed by atoms with Crippen molar-refractivity contribution in [3.05, 3.63) is 23.5 Å². The molecule has 1 saturated carbocycles. The first-order valence-corrected chi connectivity index (χ1v) is 8.68. The quantitative estimate of drug-likeness (QED) is 0.834. The number of hydrogen-bond acceptors (Lipinski definition) is 4. The summed E-state index contributed by atoms with van der Waals surface area (Å²) in [6.07, 6.45) is 0.238. The van der Waals surface area contributed by atoms with Crippen molar-refractivity contribution in [2.24, 2.45) is 0 Å². The van der Waals surface area contributed by atoms with Crippen LogP contribution < -0.4 is 14.8 Å². The predicted molar refractivity (Wildman–Crippen MR) is 89.0 cm³/mol. The minimum absolute atomic E-state index is 0.107. The molecule has 0 radical (unpaired) electrons. The van der Waals surface area contributed by atoms with E-state index in [1.165, 1.54) is 19.2 Å². The van der Waals surface area contributed by atoms with Gasteiger partial charge in [-0.3, -0.25) is 9.69 Å². The molecule has 1 amide bonds. The second-order valence-electron chi connectivity index (χ2n) is 6.95. The van der Waals surface area contributed by atoms with Crippen molar-refractivity contribution in [2.75, 3.05) is 20.7 Å².